The molecule has 0 amide bonds. The van der Waals surface area contributed by atoms with E-state index in [9.17, 15) is 0 Å². The molecule has 1 heteroatoms. The Bertz CT molecular complexity index is 147. The van der Waals surface area contributed by atoms with Crippen LogP contribution in [0.4, 0.5) is 0 Å². The highest BCUT2D eigenvalue weighted by Gasteiger charge is 2.10. The minimum absolute atomic E-state index is 0.627. The molecule has 1 heterocycles. The van der Waals surface area contributed by atoms with Gasteiger partial charge in [-0.2, -0.15) is 0 Å². The predicted molar refractivity (Wildman–Crippen MR) is 40.1 cm³/mol. The lowest BCUT2D eigenvalue weighted by Gasteiger charge is -2.29. The highest BCUT2D eigenvalue weighted by molar-refractivity contribution is 5.17. The van der Waals surface area contributed by atoms with Crippen molar-refractivity contribution in [2.45, 2.75) is 19.4 Å². The normalized spacial score (nSPS) is 27.1. The molecule has 0 aromatic heterocycles. The van der Waals surface area contributed by atoms with E-state index in [1.165, 1.54) is 0 Å². The van der Waals surface area contributed by atoms with E-state index in [0.29, 0.717) is 6.04 Å². The molecule has 1 aliphatic heterocycles. The van der Waals surface area contributed by atoms with Crippen LogP contribution in [0.25, 0.3) is 0 Å². The summed E-state index contributed by atoms with van der Waals surface area (Å²) in [7, 11) is 2.08. The molecular weight excluding hydrogens is 110 g/mol. The fourth-order valence-electron chi connectivity index (χ4n) is 0.960. The van der Waals surface area contributed by atoms with E-state index in [1.807, 2.05) is 0 Å². The minimum atomic E-state index is 0.627. The topological polar surface area (TPSA) is 3.24 Å². The van der Waals surface area contributed by atoms with Gasteiger partial charge in [0.2, 0.25) is 0 Å². The lowest BCUT2D eigenvalue weighted by Crippen LogP contribution is -2.28. The Morgan fingerprint density at radius 1 is 1.78 bits per heavy atom. The highest BCUT2D eigenvalue weighted by atomic mass is 15.1. The van der Waals surface area contributed by atoms with Crippen LogP contribution in [-0.4, -0.2) is 18.0 Å². The summed E-state index contributed by atoms with van der Waals surface area (Å²) in [6, 6.07) is 0.627. The zero-order valence-electron chi connectivity index (χ0n) is 6.09. The Kier molecular flexibility index (Phi) is 1.60. The molecule has 1 nitrogen and oxygen atoms in total. The summed E-state index contributed by atoms with van der Waals surface area (Å²) in [5, 5.41) is 0. The molecule has 0 aliphatic carbocycles. The quantitative estimate of drug-likeness (QED) is 0.474. The van der Waals surface area contributed by atoms with Gasteiger partial charge in [-0.3, -0.25) is 0 Å². The van der Waals surface area contributed by atoms with Gasteiger partial charge < -0.3 is 4.90 Å². The Balaban J connectivity index is 2.69. The van der Waals surface area contributed by atoms with E-state index < -0.39 is 0 Å². The second kappa shape index (κ2) is 2.26. The molecule has 1 rings (SSSR count). The second-order valence-corrected chi connectivity index (χ2v) is 2.59. The van der Waals surface area contributed by atoms with Crippen molar-refractivity contribution in [3.05, 3.63) is 24.4 Å². The van der Waals surface area contributed by atoms with Crippen molar-refractivity contribution < 1.29 is 0 Å². The van der Waals surface area contributed by atoms with Crippen LogP contribution in [0.1, 0.15) is 13.3 Å². The van der Waals surface area contributed by atoms with E-state index >= 15 is 0 Å². The average Bonchev–Trinajstić information content (AvgIpc) is 1.83. The van der Waals surface area contributed by atoms with Crippen molar-refractivity contribution in [1.82, 2.24) is 4.90 Å². The molecule has 1 aliphatic rings. The molecule has 0 aromatic carbocycles. The summed E-state index contributed by atoms with van der Waals surface area (Å²) in [6.07, 6.45) is 5.39. The van der Waals surface area contributed by atoms with Gasteiger partial charge in [-0.25, -0.2) is 0 Å². The molecule has 0 fully saturated rings. The molecule has 1 atom stereocenters. The van der Waals surface area contributed by atoms with Crippen LogP contribution in [-0.2, 0) is 0 Å². The van der Waals surface area contributed by atoms with Crippen LogP contribution >= 0.6 is 0 Å². The lowest BCUT2D eigenvalue weighted by molar-refractivity contribution is 0.326. The zero-order chi connectivity index (χ0) is 6.85. The molecule has 9 heavy (non-hydrogen) atoms. The number of nitrogens with zero attached hydrogens (tertiary/aromatic N) is 1. The fraction of sp³-hybridized carbons (Fsp3) is 0.500. The Morgan fingerprint density at radius 2 is 2.44 bits per heavy atom. The molecule has 1 unspecified atom stereocenters. The minimum Gasteiger partial charge on any atom is -0.372 e. The van der Waals surface area contributed by atoms with Crippen molar-refractivity contribution in [2.24, 2.45) is 0 Å². The van der Waals surface area contributed by atoms with Crippen LogP contribution in [0.2, 0.25) is 0 Å². The maximum Gasteiger partial charge on any atom is 0.0292 e. The molecule has 50 valence electrons. The van der Waals surface area contributed by atoms with Crippen molar-refractivity contribution in [3.8, 4) is 0 Å². The van der Waals surface area contributed by atoms with Gasteiger partial charge in [-0.1, -0.05) is 12.7 Å². The zero-order valence-corrected chi connectivity index (χ0v) is 6.09. The van der Waals surface area contributed by atoms with Crippen LogP contribution in [0.15, 0.2) is 24.4 Å². The van der Waals surface area contributed by atoms with E-state index in [1.54, 1.807) is 0 Å². The van der Waals surface area contributed by atoms with Crippen LogP contribution < -0.4 is 0 Å². The number of rotatable bonds is 0. The van der Waals surface area contributed by atoms with Crippen LogP contribution in [0.3, 0.4) is 0 Å². The third kappa shape index (κ3) is 1.15. The monoisotopic (exact) mass is 123 g/mol. The summed E-state index contributed by atoms with van der Waals surface area (Å²) in [4.78, 5) is 2.19. The summed E-state index contributed by atoms with van der Waals surface area (Å²) in [5.41, 5.74) is 1.12. The molecule has 0 radical (unpaired) electrons. The first-order chi connectivity index (χ1) is 4.22. The summed E-state index contributed by atoms with van der Waals surface area (Å²) in [6.45, 7) is 6.09. The number of likely N-dealkylation sites (N-methyl/N-ethyl adjacent to an activating group) is 1. The third-order valence-corrected chi connectivity index (χ3v) is 1.90. The average molecular weight is 123 g/mol. The summed E-state index contributed by atoms with van der Waals surface area (Å²) in [5.74, 6) is 0. The molecule has 0 spiro atoms. The van der Waals surface area contributed by atoms with Crippen LogP contribution in [0.5, 0.6) is 0 Å². The number of allylic oxidation sites excluding steroid dienone is 1. The smallest absolute Gasteiger partial charge is 0.0292 e. The van der Waals surface area contributed by atoms with Crippen LogP contribution in [0, 0.1) is 0 Å². The molecule has 0 aromatic rings. The van der Waals surface area contributed by atoms with Crippen molar-refractivity contribution in [2.75, 3.05) is 7.05 Å². The predicted octanol–water partition coefficient (Wildman–Crippen LogP) is 1.78. The summed E-state index contributed by atoms with van der Waals surface area (Å²) < 4.78 is 0. The van der Waals surface area contributed by atoms with E-state index in [4.69, 9.17) is 0 Å². The van der Waals surface area contributed by atoms with Gasteiger partial charge >= 0.3 is 0 Å². The van der Waals surface area contributed by atoms with Gasteiger partial charge in [0.25, 0.3) is 0 Å². The maximum atomic E-state index is 3.88. The fourth-order valence-corrected chi connectivity index (χ4v) is 0.960. The van der Waals surface area contributed by atoms with Gasteiger partial charge in [0.1, 0.15) is 0 Å². The first-order valence-electron chi connectivity index (χ1n) is 3.30. The largest absolute Gasteiger partial charge is 0.372 e. The maximum absolute atomic E-state index is 3.88. The Morgan fingerprint density at radius 3 is 2.89 bits per heavy atom. The van der Waals surface area contributed by atoms with E-state index in [-0.39, 0.29) is 0 Å². The second-order valence-electron chi connectivity index (χ2n) is 2.59. The van der Waals surface area contributed by atoms with Crippen molar-refractivity contribution in [3.63, 3.8) is 0 Å². The first kappa shape index (κ1) is 6.40. The summed E-state index contributed by atoms with van der Waals surface area (Å²) >= 11 is 0. The lowest BCUT2D eigenvalue weighted by atomic mass is 10.1. The van der Waals surface area contributed by atoms with E-state index in [0.717, 1.165) is 12.1 Å². The number of hydrogen-bond acceptors (Lipinski definition) is 1. The molecule has 0 saturated carbocycles. The highest BCUT2D eigenvalue weighted by Crippen LogP contribution is 2.14. The van der Waals surface area contributed by atoms with Gasteiger partial charge in [0.15, 0.2) is 0 Å². The van der Waals surface area contributed by atoms with Gasteiger partial charge in [0, 0.05) is 18.8 Å². The molecule has 0 saturated heterocycles. The van der Waals surface area contributed by atoms with Crippen molar-refractivity contribution >= 4 is 0 Å². The third-order valence-electron chi connectivity index (χ3n) is 1.90. The van der Waals surface area contributed by atoms with Gasteiger partial charge in [0.05, 0.1) is 0 Å². The molecular formula is C8H13N. The Hall–Kier alpha value is -0.720. The Labute approximate surface area is 56.7 Å². The van der Waals surface area contributed by atoms with Gasteiger partial charge in [-0.15, -0.1) is 0 Å². The van der Waals surface area contributed by atoms with Crippen molar-refractivity contribution in [1.29, 1.82) is 0 Å². The van der Waals surface area contributed by atoms with E-state index in [2.05, 4.69) is 37.6 Å². The SMILES string of the molecule is C=C1C=CCC(C)N1C. The number of hydrogen-bond donors (Lipinski definition) is 0. The standard InChI is InChI=1S/C8H13N/c1-7-5-4-6-8(2)9(7)3/h4-5,8H,1,6H2,2-3H3. The molecule has 0 bridgehead atoms. The molecule has 0 N–H and O–H groups in total. The first-order valence-corrected chi connectivity index (χ1v) is 3.30. The van der Waals surface area contributed by atoms with Gasteiger partial charge in [-0.05, 0) is 19.4 Å².